The third-order valence-corrected chi connectivity index (χ3v) is 5.48. The van der Waals surface area contributed by atoms with Gasteiger partial charge in [0, 0.05) is 24.0 Å². The molecule has 124 valence electrons. The molecule has 1 atom stereocenters. The lowest BCUT2D eigenvalue weighted by Gasteiger charge is -2.23. The second-order valence-corrected chi connectivity index (χ2v) is 7.09. The first-order valence-electron chi connectivity index (χ1n) is 8.75. The SMILES string of the molecule is O=C(Nc1ccc(Cc2ccncc2)cc1)C1CC12CCNCC2. The average Bonchev–Trinajstić information content (AvgIpc) is 3.31. The highest BCUT2D eigenvalue weighted by Gasteiger charge is 2.57. The average molecular weight is 321 g/mol. The fraction of sp³-hybridized carbons (Fsp3) is 0.400. The van der Waals surface area contributed by atoms with Crippen molar-refractivity contribution in [3.63, 3.8) is 0 Å². The van der Waals surface area contributed by atoms with Crippen LogP contribution < -0.4 is 10.6 Å². The molecule has 0 bridgehead atoms. The third-order valence-electron chi connectivity index (χ3n) is 5.48. The Morgan fingerprint density at radius 3 is 2.46 bits per heavy atom. The van der Waals surface area contributed by atoms with Crippen LogP contribution >= 0.6 is 0 Å². The quantitative estimate of drug-likeness (QED) is 0.910. The van der Waals surface area contributed by atoms with Crippen molar-refractivity contribution < 1.29 is 4.79 Å². The summed E-state index contributed by atoms with van der Waals surface area (Å²) < 4.78 is 0. The van der Waals surface area contributed by atoms with E-state index in [1.54, 1.807) is 0 Å². The van der Waals surface area contributed by atoms with Crippen LogP contribution in [0.15, 0.2) is 48.8 Å². The molecule has 24 heavy (non-hydrogen) atoms. The molecule has 1 aromatic carbocycles. The minimum absolute atomic E-state index is 0.193. The second kappa shape index (κ2) is 6.36. The van der Waals surface area contributed by atoms with E-state index in [0.717, 1.165) is 44.5 Å². The Kier molecular flexibility index (Phi) is 4.07. The predicted octanol–water partition coefficient (Wildman–Crippen LogP) is 3.00. The van der Waals surface area contributed by atoms with Crippen LogP contribution in [0.3, 0.4) is 0 Å². The van der Waals surface area contributed by atoms with Crippen LogP contribution in [-0.4, -0.2) is 24.0 Å². The van der Waals surface area contributed by atoms with Crippen molar-refractivity contribution in [2.24, 2.45) is 11.3 Å². The highest BCUT2D eigenvalue weighted by Crippen LogP contribution is 2.58. The van der Waals surface area contributed by atoms with Crippen LogP contribution in [0.2, 0.25) is 0 Å². The zero-order valence-corrected chi connectivity index (χ0v) is 13.8. The summed E-state index contributed by atoms with van der Waals surface area (Å²) in [5.41, 5.74) is 3.67. The van der Waals surface area contributed by atoms with E-state index in [-0.39, 0.29) is 17.2 Å². The molecule has 1 amide bonds. The van der Waals surface area contributed by atoms with Gasteiger partial charge in [0.15, 0.2) is 0 Å². The first-order chi connectivity index (χ1) is 11.8. The number of aromatic nitrogens is 1. The third kappa shape index (κ3) is 3.20. The molecule has 2 fully saturated rings. The number of nitrogens with zero attached hydrogens (tertiary/aromatic N) is 1. The molecule has 1 aliphatic carbocycles. The monoisotopic (exact) mass is 321 g/mol. The maximum absolute atomic E-state index is 12.5. The number of carbonyl (C=O) groups excluding carboxylic acids is 1. The zero-order valence-electron chi connectivity index (χ0n) is 13.8. The van der Waals surface area contributed by atoms with Gasteiger partial charge in [-0.2, -0.15) is 0 Å². The van der Waals surface area contributed by atoms with Gasteiger partial charge in [-0.25, -0.2) is 0 Å². The number of nitrogens with one attached hydrogen (secondary N) is 2. The molecular weight excluding hydrogens is 298 g/mol. The van der Waals surface area contributed by atoms with Crippen molar-refractivity contribution in [1.82, 2.24) is 10.3 Å². The van der Waals surface area contributed by atoms with E-state index >= 15 is 0 Å². The van der Waals surface area contributed by atoms with Crippen LogP contribution in [0.25, 0.3) is 0 Å². The van der Waals surface area contributed by atoms with Crippen LogP contribution in [0, 0.1) is 11.3 Å². The van der Waals surface area contributed by atoms with E-state index in [9.17, 15) is 4.79 Å². The zero-order chi connectivity index (χ0) is 16.4. The molecule has 1 unspecified atom stereocenters. The molecule has 1 saturated carbocycles. The van der Waals surface area contributed by atoms with Gasteiger partial charge in [-0.15, -0.1) is 0 Å². The summed E-state index contributed by atoms with van der Waals surface area (Å²) in [6, 6.07) is 12.2. The second-order valence-electron chi connectivity index (χ2n) is 7.09. The Bertz CT molecular complexity index is 705. The van der Waals surface area contributed by atoms with E-state index in [1.807, 2.05) is 36.7 Å². The normalized spacial score (nSPS) is 21.4. The highest BCUT2D eigenvalue weighted by molar-refractivity contribution is 5.95. The highest BCUT2D eigenvalue weighted by atomic mass is 16.2. The van der Waals surface area contributed by atoms with E-state index in [1.165, 1.54) is 11.1 Å². The maximum atomic E-state index is 12.5. The molecule has 1 spiro atoms. The Morgan fingerprint density at radius 1 is 1.08 bits per heavy atom. The number of piperidine rings is 1. The lowest BCUT2D eigenvalue weighted by atomic mass is 9.92. The van der Waals surface area contributed by atoms with Crippen molar-refractivity contribution in [2.45, 2.75) is 25.7 Å². The standard InChI is InChI=1S/C20H23N3O/c24-19(18-14-20(18)7-11-22-12-8-20)23-17-3-1-15(2-4-17)13-16-5-9-21-10-6-16/h1-6,9-10,18,22H,7-8,11-14H2,(H,23,24). The molecule has 2 aliphatic rings. The first-order valence-corrected chi connectivity index (χ1v) is 8.75. The summed E-state index contributed by atoms with van der Waals surface area (Å²) in [5.74, 6) is 0.398. The van der Waals surface area contributed by atoms with Gasteiger partial charge in [0.2, 0.25) is 5.91 Å². The molecule has 2 aromatic rings. The summed E-state index contributed by atoms with van der Waals surface area (Å²) in [4.78, 5) is 16.5. The largest absolute Gasteiger partial charge is 0.326 e. The van der Waals surface area contributed by atoms with E-state index in [2.05, 4.69) is 27.8 Å². The van der Waals surface area contributed by atoms with Crippen LogP contribution in [0.5, 0.6) is 0 Å². The minimum atomic E-state index is 0.193. The number of carbonyl (C=O) groups is 1. The molecule has 1 aromatic heterocycles. The minimum Gasteiger partial charge on any atom is -0.326 e. The molecule has 4 nitrogen and oxygen atoms in total. The molecule has 2 N–H and O–H groups in total. The molecule has 4 rings (SSSR count). The molecule has 2 heterocycles. The van der Waals surface area contributed by atoms with E-state index < -0.39 is 0 Å². The fourth-order valence-electron chi connectivity index (χ4n) is 3.87. The van der Waals surface area contributed by atoms with Crippen molar-refractivity contribution in [1.29, 1.82) is 0 Å². The number of hydrogen-bond donors (Lipinski definition) is 2. The van der Waals surface area contributed by atoms with Gasteiger partial charge >= 0.3 is 0 Å². The van der Waals surface area contributed by atoms with Crippen molar-refractivity contribution >= 4 is 11.6 Å². The summed E-state index contributed by atoms with van der Waals surface area (Å²) >= 11 is 0. The summed E-state index contributed by atoms with van der Waals surface area (Å²) in [6.07, 6.45) is 7.84. The van der Waals surface area contributed by atoms with Gasteiger partial charge in [0.05, 0.1) is 0 Å². The van der Waals surface area contributed by atoms with Crippen molar-refractivity contribution in [2.75, 3.05) is 18.4 Å². The van der Waals surface area contributed by atoms with Gasteiger partial charge in [-0.3, -0.25) is 9.78 Å². The van der Waals surface area contributed by atoms with Crippen LogP contribution in [0.1, 0.15) is 30.4 Å². The molecule has 1 aliphatic heterocycles. The van der Waals surface area contributed by atoms with Gasteiger partial charge in [-0.1, -0.05) is 12.1 Å². The number of hydrogen-bond acceptors (Lipinski definition) is 3. The Balaban J connectivity index is 1.35. The van der Waals surface area contributed by atoms with Crippen molar-refractivity contribution in [3.05, 3.63) is 59.9 Å². The molecule has 0 radical (unpaired) electrons. The summed E-state index contributed by atoms with van der Waals surface area (Å²) in [6.45, 7) is 2.10. The van der Waals surface area contributed by atoms with Gasteiger partial charge in [-0.05, 0) is 79.6 Å². The maximum Gasteiger partial charge on any atom is 0.228 e. The van der Waals surface area contributed by atoms with E-state index in [4.69, 9.17) is 0 Å². The lowest BCUT2D eigenvalue weighted by Crippen LogP contribution is -2.31. The number of anilines is 1. The predicted molar refractivity (Wildman–Crippen MR) is 94.8 cm³/mol. The topological polar surface area (TPSA) is 54.0 Å². The van der Waals surface area contributed by atoms with Crippen molar-refractivity contribution in [3.8, 4) is 0 Å². The first kappa shape index (κ1) is 15.3. The van der Waals surface area contributed by atoms with Gasteiger partial charge < -0.3 is 10.6 Å². The van der Waals surface area contributed by atoms with Gasteiger partial charge in [0.1, 0.15) is 0 Å². The summed E-state index contributed by atoms with van der Waals surface area (Å²) in [5, 5.41) is 6.48. The smallest absolute Gasteiger partial charge is 0.228 e. The number of pyridine rings is 1. The summed E-state index contributed by atoms with van der Waals surface area (Å²) in [7, 11) is 0. The van der Waals surface area contributed by atoms with Gasteiger partial charge in [0.25, 0.3) is 0 Å². The van der Waals surface area contributed by atoms with Crippen LogP contribution in [-0.2, 0) is 11.2 Å². The Labute approximate surface area is 142 Å². The fourth-order valence-corrected chi connectivity index (χ4v) is 3.87. The lowest BCUT2D eigenvalue weighted by molar-refractivity contribution is -0.118. The Hall–Kier alpha value is -2.20. The number of benzene rings is 1. The van der Waals surface area contributed by atoms with Crippen LogP contribution in [0.4, 0.5) is 5.69 Å². The number of rotatable bonds is 4. The molecular formula is C20H23N3O. The Morgan fingerprint density at radius 2 is 1.75 bits per heavy atom. The number of amides is 1. The van der Waals surface area contributed by atoms with E-state index in [0.29, 0.717) is 0 Å². The molecule has 1 saturated heterocycles. The molecule has 4 heteroatoms.